The van der Waals surface area contributed by atoms with Crippen molar-refractivity contribution in [1.29, 1.82) is 0 Å². The summed E-state index contributed by atoms with van der Waals surface area (Å²) in [6.07, 6.45) is -1.58. The van der Waals surface area contributed by atoms with E-state index in [1.807, 2.05) is 0 Å². The van der Waals surface area contributed by atoms with Crippen LogP contribution in [0.4, 0.5) is 29.3 Å². The number of nitrogens with two attached hydrogens (primary N) is 1. The van der Waals surface area contributed by atoms with Crippen molar-refractivity contribution in [2.24, 2.45) is 0 Å². The van der Waals surface area contributed by atoms with Gasteiger partial charge in [-0.2, -0.15) is 4.98 Å². The molecule has 0 aliphatic carbocycles. The van der Waals surface area contributed by atoms with Crippen LogP contribution in [0.1, 0.15) is 12.2 Å². The van der Waals surface area contributed by atoms with Crippen molar-refractivity contribution in [3.05, 3.63) is 30.2 Å². The van der Waals surface area contributed by atoms with Crippen molar-refractivity contribution in [3.63, 3.8) is 0 Å². The maximum absolute atomic E-state index is 14.6. The molecular weight excluding hydrogens is 466 g/mol. The summed E-state index contributed by atoms with van der Waals surface area (Å²) < 4.78 is 56.2. The van der Waals surface area contributed by atoms with Gasteiger partial charge in [-0.15, -0.1) is 5.10 Å². The van der Waals surface area contributed by atoms with Crippen LogP contribution < -0.4 is 11.1 Å². The number of aromatic nitrogens is 6. The molecule has 0 bridgehead atoms. The van der Waals surface area contributed by atoms with Gasteiger partial charge >= 0.3 is 0 Å². The second-order valence-corrected chi connectivity index (χ2v) is 8.59. The van der Waals surface area contributed by atoms with Crippen LogP contribution >= 0.6 is 0 Å². The molecule has 5 heterocycles. The third-order valence-corrected chi connectivity index (χ3v) is 6.26. The quantitative estimate of drug-likeness (QED) is 0.383. The molecule has 3 N–H and O–H groups in total. The lowest BCUT2D eigenvalue weighted by molar-refractivity contribution is 0.120. The molecule has 9 nitrogen and oxygen atoms in total. The van der Waals surface area contributed by atoms with E-state index in [-0.39, 0.29) is 24.9 Å². The molecule has 0 saturated carbocycles. The number of halogens is 4. The number of nitrogen functional groups attached to an aromatic ring is 1. The molecule has 35 heavy (non-hydrogen) atoms. The van der Waals surface area contributed by atoms with Crippen molar-refractivity contribution in [2.45, 2.75) is 38.5 Å². The molecule has 186 valence electrons. The second kappa shape index (κ2) is 9.29. The van der Waals surface area contributed by atoms with E-state index < -0.39 is 31.9 Å². The number of fused-ring (bicyclic) bond motifs is 2. The number of pyridine rings is 1. The van der Waals surface area contributed by atoms with Gasteiger partial charge in [0.2, 0.25) is 5.95 Å². The van der Waals surface area contributed by atoms with E-state index in [1.54, 1.807) is 36.2 Å². The average Bonchev–Trinajstić information content (AvgIpc) is 3.37. The van der Waals surface area contributed by atoms with Gasteiger partial charge in [-0.05, 0) is 31.5 Å². The summed E-state index contributed by atoms with van der Waals surface area (Å²) in [4.78, 5) is 15.0. The first kappa shape index (κ1) is 23.3. The van der Waals surface area contributed by atoms with Gasteiger partial charge in [-0.3, -0.25) is 4.90 Å². The Balaban J connectivity index is 1.44. The molecule has 0 radical (unpaired) electrons. The minimum atomic E-state index is -2.54. The Morgan fingerprint density at radius 2 is 2.03 bits per heavy atom. The number of alkyl halides is 4. The van der Waals surface area contributed by atoms with Crippen molar-refractivity contribution >= 4 is 28.4 Å². The summed E-state index contributed by atoms with van der Waals surface area (Å²) >= 11 is 0. The molecule has 5 rings (SSSR count). The zero-order chi connectivity index (χ0) is 24.7. The number of nitrogens with zero attached hydrogens (tertiary/aromatic N) is 7. The highest BCUT2D eigenvalue weighted by atomic mass is 19.3. The fraction of sp³-hybridized carbons (Fsp3) is 0.455. The van der Waals surface area contributed by atoms with Crippen LogP contribution in [-0.4, -0.2) is 79.0 Å². The fourth-order valence-electron chi connectivity index (χ4n) is 4.56. The number of imidazole rings is 1. The molecule has 1 aliphatic heterocycles. The Morgan fingerprint density at radius 3 is 2.77 bits per heavy atom. The fourth-order valence-corrected chi connectivity index (χ4v) is 4.56. The number of nitrogens with one attached hydrogen (secondary N) is 1. The standard InChI is InChI=1S/C22H25F4N9/c1-12-28-17-3-2-15(29-21(17)34(12)11-18(25)26)13-4-8-35-19(13)20(27)31-22(32-35)30-16-5-7-33(9-6-23)10-14(16)24/h2-4,8,14,16,18H,5-7,9-11H2,1H3,(H3,27,30,31,32)/t14-,16+/m1/s1. The van der Waals surface area contributed by atoms with Gasteiger partial charge < -0.3 is 15.6 Å². The summed E-state index contributed by atoms with van der Waals surface area (Å²) in [6.45, 7) is 1.58. The maximum Gasteiger partial charge on any atom is 0.256 e. The lowest BCUT2D eigenvalue weighted by atomic mass is 10.0. The van der Waals surface area contributed by atoms with E-state index in [0.29, 0.717) is 46.7 Å². The van der Waals surface area contributed by atoms with Crippen LogP contribution in [0.15, 0.2) is 24.4 Å². The average molecular weight is 491 g/mol. The van der Waals surface area contributed by atoms with E-state index in [4.69, 9.17) is 5.73 Å². The lowest BCUT2D eigenvalue weighted by Crippen LogP contribution is -2.48. The molecule has 0 spiro atoms. The number of aryl methyl sites for hydroxylation is 1. The topological polar surface area (TPSA) is 102 Å². The third-order valence-electron chi connectivity index (χ3n) is 6.26. The zero-order valence-electron chi connectivity index (χ0n) is 19.0. The lowest BCUT2D eigenvalue weighted by Gasteiger charge is -2.34. The second-order valence-electron chi connectivity index (χ2n) is 8.59. The largest absolute Gasteiger partial charge is 0.382 e. The van der Waals surface area contributed by atoms with Gasteiger partial charge in [0.15, 0.2) is 11.5 Å². The van der Waals surface area contributed by atoms with Gasteiger partial charge in [0.25, 0.3) is 6.43 Å². The van der Waals surface area contributed by atoms with Crippen molar-refractivity contribution in [1.82, 2.24) is 34.0 Å². The zero-order valence-corrected chi connectivity index (χ0v) is 19.0. The minimum absolute atomic E-state index is 0.142. The van der Waals surface area contributed by atoms with Gasteiger partial charge in [-0.25, -0.2) is 32.0 Å². The molecule has 0 unspecified atom stereocenters. The molecule has 4 aromatic rings. The third kappa shape index (κ3) is 4.47. The first-order valence-corrected chi connectivity index (χ1v) is 11.3. The highest BCUT2D eigenvalue weighted by molar-refractivity contribution is 5.88. The van der Waals surface area contributed by atoms with Gasteiger partial charge in [0.05, 0.1) is 18.3 Å². The van der Waals surface area contributed by atoms with E-state index >= 15 is 0 Å². The van der Waals surface area contributed by atoms with Gasteiger partial charge in [-0.1, -0.05) is 0 Å². The van der Waals surface area contributed by atoms with E-state index in [9.17, 15) is 17.6 Å². The molecular formula is C22H25F4N9. The molecule has 0 aromatic carbocycles. The molecule has 1 fully saturated rings. The normalized spacial score (nSPS) is 19.3. The van der Waals surface area contributed by atoms with E-state index in [0.717, 1.165) is 0 Å². The van der Waals surface area contributed by atoms with Crippen molar-refractivity contribution in [2.75, 3.05) is 37.4 Å². The summed E-state index contributed by atoms with van der Waals surface area (Å²) in [5.41, 5.74) is 8.75. The van der Waals surface area contributed by atoms with Crippen molar-refractivity contribution < 1.29 is 17.6 Å². The van der Waals surface area contributed by atoms with E-state index in [1.165, 1.54) is 9.08 Å². The minimum Gasteiger partial charge on any atom is -0.382 e. The Labute approximate surface area is 198 Å². The van der Waals surface area contributed by atoms with Crippen LogP contribution in [0, 0.1) is 6.92 Å². The first-order valence-electron chi connectivity index (χ1n) is 11.3. The number of anilines is 2. The van der Waals surface area contributed by atoms with Crippen LogP contribution in [0.2, 0.25) is 0 Å². The monoisotopic (exact) mass is 491 g/mol. The summed E-state index contributed by atoms with van der Waals surface area (Å²) in [5.74, 6) is 0.789. The first-order chi connectivity index (χ1) is 16.8. The summed E-state index contributed by atoms with van der Waals surface area (Å²) in [7, 11) is 0. The number of rotatable bonds is 7. The maximum atomic E-state index is 14.6. The Morgan fingerprint density at radius 1 is 1.20 bits per heavy atom. The molecule has 1 aliphatic rings. The number of piperidine rings is 1. The molecule has 0 amide bonds. The highest BCUT2D eigenvalue weighted by Gasteiger charge is 2.30. The number of likely N-dealkylation sites (tertiary alicyclic amines) is 1. The van der Waals surface area contributed by atoms with Crippen LogP contribution in [0.25, 0.3) is 27.9 Å². The smallest absolute Gasteiger partial charge is 0.256 e. The molecule has 13 heteroatoms. The predicted molar refractivity (Wildman–Crippen MR) is 124 cm³/mol. The van der Waals surface area contributed by atoms with Crippen LogP contribution in [0.3, 0.4) is 0 Å². The summed E-state index contributed by atoms with van der Waals surface area (Å²) in [6, 6.07) is 4.70. The van der Waals surface area contributed by atoms with Crippen molar-refractivity contribution in [3.8, 4) is 11.3 Å². The highest BCUT2D eigenvalue weighted by Crippen LogP contribution is 2.30. The molecule has 1 saturated heterocycles. The molecule has 2 atom stereocenters. The Kier molecular flexibility index (Phi) is 6.17. The van der Waals surface area contributed by atoms with E-state index in [2.05, 4.69) is 25.4 Å². The Hall–Kier alpha value is -3.48. The van der Waals surface area contributed by atoms with Crippen LogP contribution in [0.5, 0.6) is 0 Å². The number of hydrogen-bond acceptors (Lipinski definition) is 7. The Bertz CT molecular complexity index is 1350. The number of hydrogen-bond donors (Lipinski definition) is 2. The predicted octanol–water partition coefficient (Wildman–Crippen LogP) is 3.09. The SMILES string of the molecule is Cc1nc2ccc(-c3ccn4nc(N[C@H]5CCN(CCF)C[C@H]5F)nc(N)c34)nc2n1CC(F)F. The molecule has 4 aromatic heterocycles. The van der Waals surface area contributed by atoms with Crippen LogP contribution in [-0.2, 0) is 6.54 Å². The van der Waals surface area contributed by atoms with Gasteiger partial charge in [0.1, 0.15) is 29.7 Å². The van der Waals surface area contributed by atoms with Gasteiger partial charge in [0, 0.05) is 31.4 Å². The summed E-state index contributed by atoms with van der Waals surface area (Å²) in [5, 5.41) is 7.43.